The Morgan fingerprint density at radius 1 is 0.773 bits per heavy atom. The SMILES string of the molecule is Nc1c(S(=O)(=O)O)cc(Nc2ccc(Nc3nc(F)nc(F)c3Cl)cc2S(=O)(=O)O)c2c1C(=O)c1ccccc1C2=O.[Na].[Na]. The molecule has 4 aromatic rings. The minimum Gasteiger partial charge on any atom is -0.397 e. The molecular formula is C24H14ClF2N5Na2O8S2. The molecule has 20 heteroatoms. The number of hydrogen-bond acceptors (Lipinski definition) is 11. The fourth-order valence-electron chi connectivity index (χ4n) is 4.28. The summed E-state index contributed by atoms with van der Waals surface area (Å²) in [6.07, 6.45) is -1.49. The molecule has 0 saturated carbocycles. The normalized spacial score (nSPS) is 12.4. The Labute approximate surface area is 296 Å². The Hall–Kier alpha value is -2.55. The van der Waals surface area contributed by atoms with Crippen molar-refractivity contribution in [3.05, 3.63) is 87.8 Å². The van der Waals surface area contributed by atoms with Crippen molar-refractivity contribution in [2.45, 2.75) is 9.79 Å². The molecule has 6 N–H and O–H groups in total. The predicted molar refractivity (Wildman–Crippen MR) is 155 cm³/mol. The largest absolute Gasteiger partial charge is 0.397 e. The van der Waals surface area contributed by atoms with Crippen molar-refractivity contribution in [1.29, 1.82) is 0 Å². The average Bonchev–Trinajstić information content (AvgIpc) is 2.90. The Morgan fingerprint density at radius 3 is 1.91 bits per heavy atom. The van der Waals surface area contributed by atoms with Crippen LogP contribution in [0, 0.1) is 12.0 Å². The van der Waals surface area contributed by atoms with Crippen molar-refractivity contribution in [1.82, 2.24) is 9.97 Å². The first kappa shape index (κ1) is 35.9. The molecule has 3 aromatic carbocycles. The van der Waals surface area contributed by atoms with Crippen LogP contribution in [0.25, 0.3) is 0 Å². The summed E-state index contributed by atoms with van der Waals surface area (Å²) in [5, 5.41) is 4.15. The molecule has 1 aliphatic rings. The number of nitrogens with two attached hydrogens (primary N) is 1. The first-order chi connectivity index (χ1) is 19.6. The van der Waals surface area contributed by atoms with Gasteiger partial charge in [-0.3, -0.25) is 18.7 Å². The summed E-state index contributed by atoms with van der Waals surface area (Å²) in [7, 11) is -10.2. The monoisotopic (exact) mass is 683 g/mol. The zero-order valence-electron chi connectivity index (χ0n) is 22.4. The van der Waals surface area contributed by atoms with E-state index in [0.29, 0.717) is 0 Å². The summed E-state index contributed by atoms with van der Waals surface area (Å²) >= 11 is 5.73. The zero-order chi connectivity index (χ0) is 30.7. The van der Waals surface area contributed by atoms with E-state index < -0.39 is 92.6 Å². The molecule has 0 fully saturated rings. The number of fused-ring (bicyclic) bond motifs is 2. The number of aromatic nitrogens is 2. The molecule has 0 saturated heterocycles. The third-order valence-corrected chi connectivity index (χ3v) is 8.18. The summed E-state index contributed by atoms with van der Waals surface area (Å²) in [5.41, 5.74) is 2.93. The molecule has 1 aromatic heterocycles. The number of nitrogen functional groups attached to an aromatic ring is 1. The van der Waals surface area contributed by atoms with Crippen molar-refractivity contribution in [3.63, 3.8) is 0 Å². The number of ketones is 2. The van der Waals surface area contributed by atoms with Gasteiger partial charge in [0.15, 0.2) is 17.4 Å². The molecule has 0 unspecified atom stereocenters. The van der Waals surface area contributed by atoms with Crippen molar-refractivity contribution in [3.8, 4) is 0 Å². The van der Waals surface area contributed by atoms with Gasteiger partial charge < -0.3 is 16.4 Å². The fourth-order valence-corrected chi connectivity index (χ4v) is 5.73. The molecule has 0 amide bonds. The van der Waals surface area contributed by atoms with Crippen molar-refractivity contribution >= 4 is 131 Å². The van der Waals surface area contributed by atoms with Gasteiger partial charge in [-0.2, -0.15) is 35.6 Å². The molecule has 218 valence electrons. The van der Waals surface area contributed by atoms with Crippen LogP contribution in [-0.4, -0.2) is 107 Å². The van der Waals surface area contributed by atoms with Gasteiger partial charge in [-0.05, 0) is 24.3 Å². The molecule has 0 bridgehead atoms. The van der Waals surface area contributed by atoms with E-state index in [4.69, 9.17) is 17.3 Å². The van der Waals surface area contributed by atoms with E-state index in [-0.39, 0.29) is 75.9 Å². The molecule has 5 rings (SSSR count). The van der Waals surface area contributed by atoms with Crippen LogP contribution in [0.3, 0.4) is 0 Å². The summed E-state index contributed by atoms with van der Waals surface area (Å²) < 4.78 is 95.8. The van der Waals surface area contributed by atoms with Crippen molar-refractivity contribution in [2.24, 2.45) is 0 Å². The summed E-state index contributed by atoms with van der Waals surface area (Å²) in [5.74, 6) is -3.63. The second kappa shape index (κ2) is 13.1. The Balaban J connectivity index is 0.00000264. The van der Waals surface area contributed by atoms with Gasteiger partial charge in [-0.1, -0.05) is 35.9 Å². The van der Waals surface area contributed by atoms with E-state index >= 15 is 0 Å². The number of rotatable bonds is 6. The van der Waals surface area contributed by atoms with Crippen LogP contribution in [0.4, 0.5) is 37.3 Å². The van der Waals surface area contributed by atoms with Crippen LogP contribution in [0.15, 0.2) is 58.3 Å². The third-order valence-electron chi connectivity index (χ3n) is 6.05. The number of nitrogens with zero attached hydrogens (tertiary/aromatic N) is 2. The van der Waals surface area contributed by atoms with E-state index in [1.165, 1.54) is 24.3 Å². The molecule has 44 heavy (non-hydrogen) atoms. The minimum absolute atomic E-state index is 0. The van der Waals surface area contributed by atoms with Crippen LogP contribution < -0.4 is 16.4 Å². The van der Waals surface area contributed by atoms with Crippen molar-refractivity contribution in [2.75, 3.05) is 16.4 Å². The van der Waals surface area contributed by atoms with Crippen LogP contribution in [0.1, 0.15) is 31.8 Å². The maximum atomic E-state index is 13.7. The van der Waals surface area contributed by atoms with E-state index in [9.17, 15) is 44.3 Å². The number of benzene rings is 3. The molecule has 1 aliphatic carbocycles. The molecule has 0 atom stereocenters. The van der Waals surface area contributed by atoms with Gasteiger partial charge in [0.2, 0.25) is 5.95 Å². The maximum Gasteiger partial charge on any atom is 0.313 e. The fraction of sp³-hybridized carbons (Fsp3) is 0. The number of anilines is 5. The first-order valence-electron chi connectivity index (χ1n) is 11.2. The number of halogens is 3. The van der Waals surface area contributed by atoms with Crippen LogP contribution >= 0.6 is 11.6 Å². The number of hydrogen-bond donors (Lipinski definition) is 5. The summed E-state index contributed by atoms with van der Waals surface area (Å²) in [6, 6.07) is 9.26. The van der Waals surface area contributed by atoms with E-state index in [2.05, 4.69) is 20.6 Å². The van der Waals surface area contributed by atoms with Gasteiger partial charge in [-0.25, -0.2) is 0 Å². The topological polar surface area (TPSA) is 219 Å². The second-order valence-corrected chi connectivity index (χ2v) is 11.8. The van der Waals surface area contributed by atoms with Gasteiger partial charge in [-0.15, -0.1) is 0 Å². The minimum atomic E-state index is -5.10. The molecular weight excluding hydrogens is 670 g/mol. The summed E-state index contributed by atoms with van der Waals surface area (Å²) in [4.78, 5) is 31.0. The van der Waals surface area contributed by atoms with Crippen LogP contribution in [-0.2, 0) is 20.2 Å². The van der Waals surface area contributed by atoms with Crippen molar-refractivity contribution < 1.29 is 44.3 Å². The first-order valence-corrected chi connectivity index (χ1v) is 14.5. The maximum absolute atomic E-state index is 13.7. The molecule has 13 nitrogen and oxygen atoms in total. The summed E-state index contributed by atoms with van der Waals surface area (Å²) in [6.45, 7) is 0. The van der Waals surface area contributed by atoms with Crippen LogP contribution in [0.5, 0.6) is 0 Å². The van der Waals surface area contributed by atoms with Gasteiger partial charge in [0.1, 0.15) is 14.8 Å². The number of carbonyl (C=O) groups excluding carboxylic acids is 2. The Kier molecular flexibility index (Phi) is 10.7. The van der Waals surface area contributed by atoms with Crippen LogP contribution in [0.2, 0.25) is 5.02 Å². The average molecular weight is 684 g/mol. The van der Waals surface area contributed by atoms with E-state index in [1.807, 2.05) is 0 Å². The number of carbonyl (C=O) groups is 2. The standard InChI is InChI=1S/C24H14ClF2N5O8S2.2Na/c25-18-22(26)31-24(27)32-23(18)29-9-5-6-12(14(7-9)41(35,36)37)30-13-8-15(42(38,39)40)19(28)17-16(13)20(33)10-3-1-2-4-11(10)21(17)34;;/h1-8,30H,28H2,(H,29,31,32)(H,35,36,37)(H,38,39,40);;. The number of nitrogens with one attached hydrogen (secondary N) is 2. The predicted octanol–water partition coefficient (Wildman–Crippen LogP) is 2.98. The van der Waals surface area contributed by atoms with Gasteiger partial charge >= 0.3 is 6.08 Å². The third kappa shape index (κ3) is 6.68. The quantitative estimate of drug-likeness (QED) is 0.0572. The second-order valence-electron chi connectivity index (χ2n) is 8.65. The Bertz CT molecular complexity index is 2100. The molecule has 0 aliphatic heterocycles. The zero-order valence-corrected chi connectivity index (χ0v) is 28.8. The van der Waals surface area contributed by atoms with Gasteiger partial charge in [0.25, 0.3) is 20.2 Å². The smallest absolute Gasteiger partial charge is 0.313 e. The molecule has 2 radical (unpaired) electrons. The molecule has 1 heterocycles. The van der Waals surface area contributed by atoms with Gasteiger partial charge in [0, 0.05) is 75.9 Å². The Morgan fingerprint density at radius 2 is 1.34 bits per heavy atom. The van der Waals surface area contributed by atoms with Gasteiger partial charge in [0.05, 0.1) is 28.2 Å². The van der Waals surface area contributed by atoms with E-state index in [1.54, 1.807) is 0 Å². The molecule has 0 spiro atoms. The van der Waals surface area contributed by atoms with E-state index in [0.717, 1.165) is 24.3 Å².